The van der Waals surface area contributed by atoms with Gasteiger partial charge in [0.25, 0.3) is 5.91 Å². The zero-order chi connectivity index (χ0) is 13.0. The fourth-order valence-corrected chi connectivity index (χ4v) is 1.64. The Kier molecular flexibility index (Phi) is 3.94. The first-order valence-corrected chi connectivity index (χ1v) is 6.05. The molecule has 0 aliphatic rings. The van der Waals surface area contributed by atoms with E-state index in [9.17, 15) is 4.79 Å². The van der Waals surface area contributed by atoms with Crippen molar-refractivity contribution >= 4 is 27.5 Å². The number of hydrogen-bond acceptors (Lipinski definition) is 3. The fraction of sp³-hybridized carbons (Fsp3) is 0.0769. The quantitative estimate of drug-likeness (QED) is 0.948. The van der Waals surface area contributed by atoms with Gasteiger partial charge in [-0.1, -0.05) is 6.07 Å². The molecule has 1 amide bonds. The van der Waals surface area contributed by atoms with E-state index in [2.05, 4.69) is 26.2 Å². The molecule has 5 heteroatoms. The number of rotatable bonds is 3. The minimum atomic E-state index is -0.254. The number of carbonyl (C=O) groups excluding carboxylic acids is 1. The number of benzene rings is 1. The van der Waals surface area contributed by atoms with Gasteiger partial charge in [0.15, 0.2) is 0 Å². The molecule has 0 aliphatic heterocycles. The lowest BCUT2D eigenvalue weighted by molar-refractivity contribution is 0.102. The number of halogens is 1. The minimum Gasteiger partial charge on any atom is -0.497 e. The van der Waals surface area contributed by atoms with Crippen LogP contribution in [0.1, 0.15) is 10.5 Å². The number of nitrogens with zero attached hydrogens (tertiary/aromatic N) is 1. The molecule has 4 nitrogen and oxygen atoms in total. The Morgan fingerprint density at radius 1 is 1.33 bits per heavy atom. The maximum atomic E-state index is 11.9. The molecule has 2 aromatic rings. The molecule has 0 fully saturated rings. The van der Waals surface area contributed by atoms with Crippen LogP contribution in [-0.4, -0.2) is 18.0 Å². The Hall–Kier alpha value is -1.88. The summed E-state index contributed by atoms with van der Waals surface area (Å²) in [6, 6.07) is 10.6. The van der Waals surface area contributed by atoms with E-state index in [4.69, 9.17) is 4.74 Å². The van der Waals surface area contributed by atoms with E-state index in [0.717, 1.165) is 4.47 Å². The second-order valence-electron chi connectivity index (χ2n) is 3.55. The number of nitrogens with one attached hydrogen (secondary N) is 1. The lowest BCUT2D eigenvalue weighted by atomic mass is 10.3. The van der Waals surface area contributed by atoms with Gasteiger partial charge in [0, 0.05) is 22.4 Å². The second kappa shape index (κ2) is 5.64. The van der Waals surface area contributed by atoms with Gasteiger partial charge in [-0.25, -0.2) is 4.98 Å². The molecule has 0 spiro atoms. The number of ether oxygens (including phenoxy) is 1. The van der Waals surface area contributed by atoms with Gasteiger partial charge in [0.1, 0.15) is 11.4 Å². The largest absolute Gasteiger partial charge is 0.497 e. The van der Waals surface area contributed by atoms with Crippen molar-refractivity contribution in [2.45, 2.75) is 0 Å². The third-order valence-electron chi connectivity index (χ3n) is 2.29. The number of amides is 1. The summed E-state index contributed by atoms with van der Waals surface area (Å²) in [5, 5.41) is 2.76. The molecule has 0 radical (unpaired) electrons. The van der Waals surface area contributed by atoms with Gasteiger partial charge < -0.3 is 10.1 Å². The van der Waals surface area contributed by atoms with E-state index in [1.807, 2.05) is 12.1 Å². The molecular weight excluding hydrogens is 296 g/mol. The third kappa shape index (κ3) is 3.07. The summed E-state index contributed by atoms with van der Waals surface area (Å²) in [6.45, 7) is 0. The molecule has 0 saturated heterocycles. The maximum Gasteiger partial charge on any atom is 0.274 e. The number of anilines is 1. The first-order valence-electron chi connectivity index (χ1n) is 5.26. The maximum absolute atomic E-state index is 11.9. The Balaban J connectivity index is 2.13. The monoisotopic (exact) mass is 306 g/mol. The summed E-state index contributed by atoms with van der Waals surface area (Å²) in [4.78, 5) is 15.9. The number of pyridine rings is 1. The van der Waals surface area contributed by atoms with Gasteiger partial charge in [-0.15, -0.1) is 0 Å². The summed E-state index contributed by atoms with van der Waals surface area (Å²) in [6.07, 6.45) is 1.58. The SMILES string of the molecule is COc1cccc(NC(=O)c2ccc(Br)cn2)c1. The Morgan fingerprint density at radius 3 is 2.83 bits per heavy atom. The van der Waals surface area contributed by atoms with Crippen LogP contribution in [0.4, 0.5) is 5.69 Å². The highest BCUT2D eigenvalue weighted by molar-refractivity contribution is 9.10. The van der Waals surface area contributed by atoms with E-state index in [1.165, 1.54) is 0 Å². The van der Waals surface area contributed by atoms with Gasteiger partial charge in [0.05, 0.1) is 7.11 Å². The van der Waals surface area contributed by atoms with Crippen molar-refractivity contribution in [1.82, 2.24) is 4.98 Å². The topological polar surface area (TPSA) is 51.2 Å². The molecule has 0 saturated carbocycles. The van der Waals surface area contributed by atoms with E-state index in [0.29, 0.717) is 17.1 Å². The standard InChI is InChI=1S/C13H11BrN2O2/c1-18-11-4-2-3-10(7-11)16-13(17)12-6-5-9(14)8-15-12/h2-8H,1H3,(H,16,17). The van der Waals surface area contributed by atoms with Gasteiger partial charge in [-0.3, -0.25) is 4.79 Å². The van der Waals surface area contributed by atoms with Crippen molar-refractivity contribution in [3.8, 4) is 5.75 Å². The van der Waals surface area contributed by atoms with Gasteiger partial charge in [0.2, 0.25) is 0 Å². The predicted molar refractivity (Wildman–Crippen MR) is 72.9 cm³/mol. The number of methoxy groups -OCH3 is 1. The smallest absolute Gasteiger partial charge is 0.274 e. The predicted octanol–water partition coefficient (Wildman–Crippen LogP) is 3.11. The molecule has 1 N–H and O–H groups in total. The van der Waals surface area contributed by atoms with Crippen molar-refractivity contribution in [2.24, 2.45) is 0 Å². The van der Waals surface area contributed by atoms with Gasteiger partial charge in [-0.2, -0.15) is 0 Å². The summed E-state index contributed by atoms with van der Waals surface area (Å²) in [5.41, 5.74) is 1.03. The summed E-state index contributed by atoms with van der Waals surface area (Å²) in [7, 11) is 1.58. The summed E-state index contributed by atoms with van der Waals surface area (Å²) in [5.74, 6) is 0.437. The lowest BCUT2D eigenvalue weighted by Gasteiger charge is -2.06. The lowest BCUT2D eigenvalue weighted by Crippen LogP contribution is -2.13. The van der Waals surface area contributed by atoms with Crippen LogP contribution < -0.4 is 10.1 Å². The summed E-state index contributed by atoms with van der Waals surface area (Å²) < 4.78 is 5.92. The normalized spacial score (nSPS) is 9.89. The van der Waals surface area contributed by atoms with Crippen LogP contribution in [-0.2, 0) is 0 Å². The first-order chi connectivity index (χ1) is 8.69. The van der Waals surface area contributed by atoms with Crippen molar-refractivity contribution in [2.75, 3.05) is 12.4 Å². The highest BCUT2D eigenvalue weighted by atomic mass is 79.9. The van der Waals surface area contributed by atoms with Crippen LogP contribution in [0.2, 0.25) is 0 Å². The van der Waals surface area contributed by atoms with Crippen molar-refractivity contribution in [3.63, 3.8) is 0 Å². The number of aromatic nitrogens is 1. The van der Waals surface area contributed by atoms with Crippen LogP contribution in [0.3, 0.4) is 0 Å². The zero-order valence-electron chi connectivity index (χ0n) is 9.68. The minimum absolute atomic E-state index is 0.254. The average Bonchev–Trinajstić information content (AvgIpc) is 2.39. The molecule has 0 atom stereocenters. The van der Waals surface area contributed by atoms with Gasteiger partial charge in [-0.05, 0) is 40.2 Å². The van der Waals surface area contributed by atoms with Crippen LogP contribution in [0, 0.1) is 0 Å². The van der Waals surface area contributed by atoms with Gasteiger partial charge >= 0.3 is 0 Å². The molecule has 18 heavy (non-hydrogen) atoms. The molecule has 1 heterocycles. The van der Waals surface area contributed by atoms with Crippen LogP contribution in [0.5, 0.6) is 5.75 Å². The Morgan fingerprint density at radius 2 is 2.17 bits per heavy atom. The zero-order valence-corrected chi connectivity index (χ0v) is 11.3. The van der Waals surface area contributed by atoms with Crippen LogP contribution in [0.15, 0.2) is 47.1 Å². The number of hydrogen-bond donors (Lipinski definition) is 1. The van der Waals surface area contributed by atoms with E-state index in [-0.39, 0.29) is 5.91 Å². The first kappa shape index (κ1) is 12.6. The van der Waals surface area contributed by atoms with E-state index in [1.54, 1.807) is 37.6 Å². The van der Waals surface area contributed by atoms with E-state index >= 15 is 0 Å². The molecule has 0 bridgehead atoms. The van der Waals surface area contributed by atoms with E-state index < -0.39 is 0 Å². The molecule has 0 unspecified atom stereocenters. The van der Waals surface area contributed by atoms with Crippen molar-refractivity contribution < 1.29 is 9.53 Å². The fourth-order valence-electron chi connectivity index (χ4n) is 1.41. The Bertz CT molecular complexity index is 555. The molecular formula is C13H11BrN2O2. The molecule has 92 valence electrons. The highest BCUT2D eigenvalue weighted by Crippen LogP contribution is 2.17. The highest BCUT2D eigenvalue weighted by Gasteiger charge is 2.07. The average molecular weight is 307 g/mol. The number of carbonyl (C=O) groups is 1. The van der Waals surface area contributed by atoms with Crippen molar-refractivity contribution in [1.29, 1.82) is 0 Å². The molecule has 1 aromatic carbocycles. The molecule has 0 aliphatic carbocycles. The van der Waals surface area contributed by atoms with Crippen LogP contribution >= 0.6 is 15.9 Å². The molecule has 2 rings (SSSR count). The van der Waals surface area contributed by atoms with Crippen molar-refractivity contribution in [3.05, 3.63) is 52.8 Å². The summed E-state index contributed by atoms with van der Waals surface area (Å²) >= 11 is 3.27. The third-order valence-corrected chi connectivity index (χ3v) is 2.76. The second-order valence-corrected chi connectivity index (χ2v) is 4.46. The molecule has 1 aromatic heterocycles. The van der Waals surface area contributed by atoms with Crippen LogP contribution in [0.25, 0.3) is 0 Å². The Labute approximate surface area is 113 Å².